The van der Waals surface area contributed by atoms with Crippen molar-refractivity contribution in [3.63, 3.8) is 0 Å². The SMILES string of the molecule is COC(=O)c1cc(-c2ccc(-c3cnn4c(N)c(C(C)=O)c(C5CCC(O)(CO)CC5)nc34)cn2)ccc1OC. The Hall–Kier alpha value is -4.35. The third kappa shape index (κ3) is 4.78. The first kappa shape index (κ1) is 27.2. The monoisotopic (exact) mass is 545 g/mol. The average molecular weight is 546 g/mol. The minimum Gasteiger partial charge on any atom is -0.496 e. The van der Waals surface area contributed by atoms with Crippen LogP contribution < -0.4 is 10.5 Å². The molecule has 1 aromatic carbocycles. The molecule has 0 saturated heterocycles. The Morgan fingerprint density at radius 1 is 1.12 bits per heavy atom. The molecular weight excluding hydrogens is 514 g/mol. The van der Waals surface area contributed by atoms with E-state index in [1.54, 1.807) is 24.5 Å². The number of aliphatic hydroxyl groups is 2. The Kier molecular flexibility index (Phi) is 7.26. The second-order valence-electron chi connectivity index (χ2n) is 10.1. The maximum Gasteiger partial charge on any atom is 0.341 e. The van der Waals surface area contributed by atoms with Crippen LogP contribution in [0.5, 0.6) is 5.75 Å². The fraction of sp³-hybridized carbons (Fsp3) is 0.345. The summed E-state index contributed by atoms with van der Waals surface area (Å²) in [4.78, 5) is 34.3. The topological polar surface area (TPSA) is 162 Å². The molecule has 3 aromatic heterocycles. The van der Waals surface area contributed by atoms with Gasteiger partial charge in [0.2, 0.25) is 0 Å². The number of nitrogens with zero attached hydrogens (tertiary/aromatic N) is 4. The number of carbonyl (C=O) groups is 2. The Bertz CT molecular complexity index is 1590. The minimum absolute atomic E-state index is 0.0969. The molecule has 1 saturated carbocycles. The molecule has 3 heterocycles. The summed E-state index contributed by atoms with van der Waals surface area (Å²) in [6.45, 7) is 1.15. The molecule has 0 aliphatic heterocycles. The number of pyridine rings is 1. The number of carbonyl (C=O) groups excluding carboxylic acids is 2. The van der Waals surface area contributed by atoms with Gasteiger partial charge in [-0.25, -0.2) is 9.78 Å². The van der Waals surface area contributed by atoms with Gasteiger partial charge in [-0.1, -0.05) is 6.07 Å². The minimum atomic E-state index is -1.11. The van der Waals surface area contributed by atoms with Gasteiger partial charge >= 0.3 is 5.97 Å². The highest BCUT2D eigenvalue weighted by Gasteiger charge is 2.36. The lowest BCUT2D eigenvalue weighted by Crippen LogP contribution is -2.37. The number of Topliss-reactive ketones (excluding diaryl/α,β-unsaturated/α-hetero) is 1. The summed E-state index contributed by atoms with van der Waals surface area (Å²) in [7, 11) is 2.80. The van der Waals surface area contributed by atoms with E-state index in [2.05, 4.69) is 10.1 Å². The first-order valence-electron chi connectivity index (χ1n) is 12.9. The molecular formula is C29H31N5O6. The van der Waals surface area contributed by atoms with E-state index in [0.717, 1.165) is 5.56 Å². The molecule has 4 N–H and O–H groups in total. The number of methoxy groups -OCH3 is 2. The fourth-order valence-corrected chi connectivity index (χ4v) is 5.34. The Morgan fingerprint density at radius 2 is 1.85 bits per heavy atom. The number of nitrogens with two attached hydrogens (primary N) is 1. The molecule has 0 amide bonds. The highest BCUT2D eigenvalue weighted by molar-refractivity contribution is 6.00. The van der Waals surface area contributed by atoms with Crippen molar-refractivity contribution in [3.8, 4) is 28.1 Å². The molecule has 40 heavy (non-hydrogen) atoms. The molecule has 11 nitrogen and oxygen atoms in total. The van der Waals surface area contributed by atoms with Gasteiger partial charge in [-0.15, -0.1) is 0 Å². The van der Waals surface area contributed by atoms with Gasteiger partial charge in [-0.3, -0.25) is 9.78 Å². The van der Waals surface area contributed by atoms with Crippen LogP contribution in [0.3, 0.4) is 0 Å². The summed E-state index contributed by atoms with van der Waals surface area (Å²) in [5.41, 5.74) is 9.83. The summed E-state index contributed by atoms with van der Waals surface area (Å²) < 4.78 is 11.6. The van der Waals surface area contributed by atoms with E-state index in [0.29, 0.717) is 70.7 Å². The fourth-order valence-electron chi connectivity index (χ4n) is 5.34. The lowest BCUT2D eigenvalue weighted by molar-refractivity contribution is -0.0458. The van der Waals surface area contributed by atoms with E-state index < -0.39 is 11.6 Å². The van der Waals surface area contributed by atoms with Crippen LogP contribution in [0.4, 0.5) is 5.82 Å². The molecule has 1 aliphatic carbocycles. The van der Waals surface area contributed by atoms with Gasteiger partial charge in [0.05, 0.1) is 49.6 Å². The number of hydrogen-bond acceptors (Lipinski definition) is 10. The van der Waals surface area contributed by atoms with Crippen molar-refractivity contribution >= 4 is 23.2 Å². The van der Waals surface area contributed by atoms with Crippen molar-refractivity contribution in [1.82, 2.24) is 19.6 Å². The van der Waals surface area contributed by atoms with Gasteiger partial charge < -0.3 is 25.4 Å². The van der Waals surface area contributed by atoms with Crippen LogP contribution in [0.25, 0.3) is 28.0 Å². The van der Waals surface area contributed by atoms with Gasteiger partial charge in [0.25, 0.3) is 0 Å². The number of aliphatic hydroxyl groups excluding tert-OH is 1. The van der Waals surface area contributed by atoms with E-state index in [-0.39, 0.29) is 24.1 Å². The Balaban J connectivity index is 1.53. The predicted octanol–water partition coefficient (Wildman–Crippen LogP) is 3.42. The standard InChI is InChI=1S/C29H31N5O6/c1-16(36)24-25(17-8-10-29(38,15-35)11-9-17)33-27-21(14-32-34(27)26(24)30)19-4-6-22(31-13-19)18-5-7-23(39-2)20(12-18)28(37)40-3/h4-7,12-14,17,35,38H,8-11,15,30H2,1-3H3. The molecule has 0 unspecified atom stereocenters. The molecule has 1 aliphatic rings. The highest BCUT2D eigenvalue weighted by Crippen LogP contribution is 2.40. The zero-order valence-corrected chi connectivity index (χ0v) is 22.5. The third-order valence-corrected chi connectivity index (χ3v) is 7.64. The summed E-state index contributed by atoms with van der Waals surface area (Å²) in [5, 5.41) is 24.4. The van der Waals surface area contributed by atoms with Crippen molar-refractivity contribution in [2.75, 3.05) is 26.6 Å². The number of anilines is 1. The summed E-state index contributed by atoms with van der Waals surface area (Å²) in [6, 6.07) is 8.87. The average Bonchev–Trinajstić information content (AvgIpc) is 3.41. The number of fused-ring (bicyclic) bond motifs is 1. The van der Waals surface area contributed by atoms with Crippen molar-refractivity contribution in [2.45, 2.75) is 44.1 Å². The van der Waals surface area contributed by atoms with Gasteiger partial charge in [0.1, 0.15) is 17.1 Å². The van der Waals surface area contributed by atoms with Gasteiger partial charge in [0.15, 0.2) is 11.4 Å². The van der Waals surface area contributed by atoms with Crippen LogP contribution in [0.2, 0.25) is 0 Å². The summed E-state index contributed by atoms with van der Waals surface area (Å²) in [5.74, 6) is -0.203. The van der Waals surface area contributed by atoms with Crippen LogP contribution in [0, 0.1) is 0 Å². The lowest BCUT2D eigenvalue weighted by atomic mass is 9.77. The molecule has 0 radical (unpaired) electrons. The number of rotatable bonds is 7. The maximum atomic E-state index is 12.6. The summed E-state index contributed by atoms with van der Waals surface area (Å²) in [6.07, 6.45) is 5.26. The maximum absolute atomic E-state index is 12.6. The third-order valence-electron chi connectivity index (χ3n) is 7.64. The number of ether oxygens (including phenoxy) is 2. The lowest BCUT2D eigenvalue weighted by Gasteiger charge is -2.34. The molecule has 1 fully saturated rings. The molecule has 5 rings (SSSR count). The van der Waals surface area contributed by atoms with Crippen LogP contribution in [-0.4, -0.2) is 68.0 Å². The number of nitrogen functional groups attached to an aromatic ring is 1. The van der Waals surface area contributed by atoms with Crippen molar-refractivity contribution in [1.29, 1.82) is 0 Å². The molecule has 0 atom stereocenters. The first-order chi connectivity index (χ1) is 19.2. The van der Waals surface area contributed by atoms with Crippen LogP contribution in [0.1, 0.15) is 64.9 Å². The van der Waals surface area contributed by atoms with E-state index in [4.69, 9.17) is 20.2 Å². The Labute approximate surface area is 230 Å². The zero-order chi connectivity index (χ0) is 28.6. The smallest absolute Gasteiger partial charge is 0.341 e. The quantitative estimate of drug-likeness (QED) is 0.232. The summed E-state index contributed by atoms with van der Waals surface area (Å²) >= 11 is 0. The van der Waals surface area contributed by atoms with Gasteiger partial charge in [-0.2, -0.15) is 9.61 Å². The van der Waals surface area contributed by atoms with Gasteiger partial charge in [-0.05, 0) is 56.9 Å². The van der Waals surface area contributed by atoms with Crippen LogP contribution in [-0.2, 0) is 4.74 Å². The number of hydrogen-bond donors (Lipinski definition) is 3. The number of ketones is 1. The first-order valence-corrected chi connectivity index (χ1v) is 12.9. The molecule has 11 heteroatoms. The second-order valence-corrected chi connectivity index (χ2v) is 10.1. The zero-order valence-electron chi connectivity index (χ0n) is 22.5. The van der Waals surface area contributed by atoms with Crippen molar-refractivity contribution < 1.29 is 29.3 Å². The predicted molar refractivity (Wildman–Crippen MR) is 147 cm³/mol. The largest absolute Gasteiger partial charge is 0.496 e. The van der Waals surface area contributed by atoms with Crippen LogP contribution in [0.15, 0.2) is 42.7 Å². The molecule has 208 valence electrons. The molecule has 4 aromatic rings. The normalized spacial score (nSPS) is 19.0. The van der Waals surface area contributed by atoms with E-state index in [1.165, 1.54) is 25.7 Å². The number of benzene rings is 1. The van der Waals surface area contributed by atoms with Crippen molar-refractivity contribution in [3.05, 3.63) is 59.5 Å². The van der Waals surface area contributed by atoms with Crippen LogP contribution >= 0.6 is 0 Å². The Morgan fingerprint density at radius 3 is 2.45 bits per heavy atom. The van der Waals surface area contributed by atoms with Gasteiger partial charge in [0, 0.05) is 28.8 Å². The molecule has 0 bridgehead atoms. The number of aromatic nitrogens is 4. The highest BCUT2D eigenvalue weighted by atomic mass is 16.5. The number of esters is 1. The van der Waals surface area contributed by atoms with E-state index in [1.807, 2.05) is 18.2 Å². The van der Waals surface area contributed by atoms with E-state index in [9.17, 15) is 19.8 Å². The van der Waals surface area contributed by atoms with Crippen molar-refractivity contribution in [2.24, 2.45) is 0 Å². The molecule has 0 spiro atoms. The van der Waals surface area contributed by atoms with E-state index >= 15 is 0 Å². The second kappa shape index (κ2) is 10.7.